The van der Waals surface area contributed by atoms with Gasteiger partial charge in [-0.25, -0.2) is 0 Å². The standard InChI is InChI=1S/C4H7NO/c1-2-3-6-4-5/h4-5H2,1H3. The molecule has 0 rings (SSSR count). The van der Waals surface area contributed by atoms with E-state index < -0.39 is 0 Å². The first-order valence-electron chi connectivity index (χ1n) is 1.65. The van der Waals surface area contributed by atoms with E-state index in [0.29, 0.717) is 0 Å². The van der Waals surface area contributed by atoms with Gasteiger partial charge in [-0.05, 0) is 0 Å². The van der Waals surface area contributed by atoms with E-state index in [4.69, 9.17) is 5.73 Å². The minimum Gasteiger partial charge on any atom is -0.431 e. The van der Waals surface area contributed by atoms with Gasteiger partial charge in [-0.1, -0.05) is 5.92 Å². The molecule has 0 saturated carbocycles. The maximum absolute atomic E-state index is 4.89. The average Bonchev–Trinajstić information content (AvgIpc) is 1.61. The molecular formula is C4H7NO. The maximum atomic E-state index is 4.89. The Morgan fingerprint density at radius 2 is 2.50 bits per heavy atom. The fraction of sp³-hybridized carbons (Fsp3) is 0.500. The molecular weight excluding hydrogens is 78.1 g/mol. The molecule has 2 nitrogen and oxygen atoms in total. The molecule has 0 bridgehead atoms. The molecule has 34 valence electrons. The summed E-state index contributed by atoms with van der Waals surface area (Å²) in [6.07, 6.45) is 2.32. The number of rotatable bonds is 1. The first-order chi connectivity index (χ1) is 2.91. The summed E-state index contributed by atoms with van der Waals surface area (Å²) >= 11 is 0. The van der Waals surface area contributed by atoms with Crippen molar-refractivity contribution in [3.63, 3.8) is 0 Å². The Bertz CT molecular complexity index is 69.4. The molecule has 0 radical (unpaired) electrons. The number of hydrogen-bond donors (Lipinski definition) is 1. The number of hydrogen-bond acceptors (Lipinski definition) is 2. The molecule has 0 aromatic carbocycles. The normalized spacial score (nSPS) is 5.67. The van der Waals surface area contributed by atoms with Crippen LogP contribution in [0.15, 0.2) is 0 Å². The van der Waals surface area contributed by atoms with Crippen molar-refractivity contribution in [1.29, 1.82) is 0 Å². The van der Waals surface area contributed by atoms with Crippen molar-refractivity contribution in [3.8, 4) is 12.0 Å². The van der Waals surface area contributed by atoms with Crippen LogP contribution in [-0.2, 0) is 4.74 Å². The molecule has 6 heavy (non-hydrogen) atoms. The van der Waals surface area contributed by atoms with E-state index in [2.05, 4.69) is 16.8 Å². The van der Waals surface area contributed by atoms with Crippen LogP contribution < -0.4 is 5.73 Å². The lowest BCUT2D eigenvalue weighted by molar-refractivity contribution is 0.289. The van der Waals surface area contributed by atoms with Crippen molar-refractivity contribution in [1.82, 2.24) is 0 Å². The van der Waals surface area contributed by atoms with Crippen molar-refractivity contribution >= 4 is 0 Å². The van der Waals surface area contributed by atoms with Gasteiger partial charge in [0.15, 0.2) is 0 Å². The third kappa shape index (κ3) is 3.32. The van der Waals surface area contributed by atoms with Crippen molar-refractivity contribution in [2.75, 3.05) is 6.73 Å². The summed E-state index contributed by atoms with van der Waals surface area (Å²) in [6, 6.07) is 0. The molecule has 0 aromatic rings. The second-order valence-electron chi connectivity index (χ2n) is 0.663. The smallest absolute Gasteiger partial charge is 0.149 e. The Labute approximate surface area is 37.3 Å². The van der Waals surface area contributed by atoms with Crippen LogP contribution in [0.4, 0.5) is 0 Å². The summed E-state index contributed by atoms with van der Waals surface area (Å²) < 4.78 is 4.40. The molecule has 0 aromatic heterocycles. The third-order valence-electron chi connectivity index (χ3n) is 0.258. The van der Waals surface area contributed by atoms with Crippen molar-refractivity contribution in [2.45, 2.75) is 6.92 Å². The first kappa shape index (κ1) is 5.32. The molecule has 0 amide bonds. The Kier molecular flexibility index (Phi) is 3.83. The van der Waals surface area contributed by atoms with E-state index in [1.165, 1.54) is 0 Å². The van der Waals surface area contributed by atoms with Crippen molar-refractivity contribution in [3.05, 3.63) is 0 Å². The lowest BCUT2D eigenvalue weighted by Gasteiger charge is -1.81. The quantitative estimate of drug-likeness (QED) is 0.356. The predicted molar refractivity (Wildman–Crippen MR) is 23.6 cm³/mol. The van der Waals surface area contributed by atoms with Gasteiger partial charge in [0.25, 0.3) is 0 Å². The Morgan fingerprint density at radius 3 is 2.67 bits per heavy atom. The fourth-order valence-electron chi connectivity index (χ4n) is 0.114. The predicted octanol–water partition coefficient (Wildman–Crippen LogP) is -0.100. The highest BCUT2D eigenvalue weighted by atomic mass is 16.5. The minimum atomic E-state index is 0.181. The van der Waals surface area contributed by atoms with Gasteiger partial charge in [0.2, 0.25) is 0 Å². The first-order valence-corrected chi connectivity index (χ1v) is 1.65. The van der Waals surface area contributed by atoms with Crippen molar-refractivity contribution in [2.24, 2.45) is 5.73 Å². The van der Waals surface area contributed by atoms with Crippen LogP contribution in [-0.4, -0.2) is 6.73 Å². The molecule has 0 saturated heterocycles. The Hall–Kier alpha value is -0.680. The SMILES string of the molecule is CC#COCN. The van der Waals surface area contributed by atoms with Gasteiger partial charge < -0.3 is 4.74 Å². The lowest BCUT2D eigenvalue weighted by Crippen LogP contribution is -1.98. The molecule has 0 unspecified atom stereocenters. The number of nitrogens with two attached hydrogens (primary N) is 1. The molecule has 0 aliphatic heterocycles. The van der Waals surface area contributed by atoms with Gasteiger partial charge in [0.05, 0.1) is 0 Å². The van der Waals surface area contributed by atoms with Crippen LogP contribution >= 0.6 is 0 Å². The van der Waals surface area contributed by atoms with E-state index in [0.717, 1.165) is 0 Å². The van der Waals surface area contributed by atoms with Crippen LogP contribution in [0.25, 0.3) is 0 Å². The summed E-state index contributed by atoms with van der Waals surface area (Å²) in [6.45, 7) is 1.87. The second-order valence-corrected chi connectivity index (χ2v) is 0.663. The highest BCUT2D eigenvalue weighted by Crippen LogP contribution is 1.55. The number of ether oxygens (including phenoxy) is 1. The van der Waals surface area contributed by atoms with E-state index in [9.17, 15) is 0 Å². The van der Waals surface area contributed by atoms with Crippen LogP contribution in [0, 0.1) is 12.0 Å². The van der Waals surface area contributed by atoms with Gasteiger partial charge in [-0.2, -0.15) is 0 Å². The second kappa shape index (κ2) is 4.32. The molecule has 0 spiro atoms. The Morgan fingerprint density at radius 1 is 1.83 bits per heavy atom. The van der Waals surface area contributed by atoms with Gasteiger partial charge in [0, 0.05) is 6.92 Å². The minimum absolute atomic E-state index is 0.181. The lowest BCUT2D eigenvalue weighted by atomic mass is 10.8. The van der Waals surface area contributed by atoms with Gasteiger partial charge in [-0.15, -0.1) is 0 Å². The summed E-state index contributed by atoms with van der Waals surface area (Å²) in [5.74, 6) is 2.52. The van der Waals surface area contributed by atoms with Crippen LogP contribution in [0.1, 0.15) is 6.92 Å². The van der Waals surface area contributed by atoms with Crippen molar-refractivity contribution < 1.29 is 4.74 Å². The molecule has 0 atom stereocenters. The van der Waals surface area contributed by atoms with Gasteiger partial charge in [-0.3, -0.25) is 5.73 Å². The van der Waals surface area contributed by atoms with E-state index in [1.54, 1.807) is 6.92 Å². The highest BCUT2D eigenvalue weighted by Gasteiger charge is 1.58. The zero-order valence-corrected chi connectivity index (χ0v) is 3.69. The molecule has 2 N–H and O–H groups in total. The fourth-order valence-corrected chi connectivity index (χ4v) is 0.114. The summed E-state index contributed by atoms with van der Waals surface area (Å²) in [5.41, 5.74) is 4.89. The maximum Gasteiger partial charge on any atom is 0.149 e. The van der Waals surface area contributed by atoms with Gasteiger partial charge in [0.1, 0.15) is 12.8 Å². The van der Waals surface area contributed by atoms with E-state index >= 15 is 0 Å². The van der Waals surface area contributed by atoms with Crippen LogP contribution in [0.2, 0.25) is 0 Å². The van der Waals surface area contributed by atoms with Crippen LogP contribution in [0.5, 0.6) is 0 Å². The average molecular weight is 85.1 g/mol. The monoisotopic (exact) mass is 85.1 g/mol. The molecule has 2 heteroatoms. The van der Waals surface area contributed by atoms with E-state index in [-0.39, 0.29) is 6.73 Å². The highest BCUT2D eigenvalue weighted by molar-refractivity contribution is 4.84. The molecule has 0 aliphatic carbocycles. The Balaban J connectivity index is 2.79. The summed E-state index contributed by atoms with van der Waals surface area (Å²) in [5, 5.41) is 0. The largest absolute Gasteiger partial charge is 0.431 e. The third-order valence-corrected chi connectivity index (χ3v) is 0.258. The molecule has 0 heterocycles. The van der Waals surface area contributed by atoms with Crippen LogP contribution in [0.3, 0.4) is 0 Å². The molecule has 0 aliphatic rings. The zero-order valence-electron chi connectivity index (χ0n) is 3.69. The zero-order chi connectivity index (χ0) is 4.83. The topological polar surface area (TPSA) is 35.2 Å². The van der Waals surface area contributed by atoms with Gasteiger partial charge >= 0.3 is 0 Å². The van der Waals surface area contributed by atoms with E-state index in [1.807, 2.05) is 0 Å². The summed E-state index contributed by atoms with van der Waals surface area (Å²) in [7, 11) is 0. The molecule has 0 fully saturated rings. The summed E-state index contributed by atoms with van der Waals surface area (Å²) in [4.78, 5) is 0.